The quantitative estimate of drug-likeness (QED) is 0.282. The third-order valence-corrected chi connectivity index (χ3v) is 6.93. The summed E-state index contributed by atoms with van der Waals surface area (Å²) < 4.78 is 13.8. The summed E-state index contributed by atoms with van der Waals surface area (Å²) >= 11 is 0. The highest BCUT2D eigenvalue weighted by molar-refractivity contribution is 6.02. The molecule has 2 saturated carbocycles. The van der Waals surface area contributed by atoms with Crippen molar-refractivity contribution in [2.45, 2.75) is 44.8 Å². The molecule has 2 heterocycles. The van der Waals surface area contributed by atoms with Crippen LogP contribution in [0.15, 0.2) is 60.8 Å². The Labute approximate surface area is 209 Å². The lowest BCUT2D eigenvalue weighted by Gasteiger charge is -2.14. The SMILES string of the molecule is C[C@@H](OC(=O)Nc1ccc(-c2c(N)c3ccc(Oc4ncccc4N)cc3n2C2CC2)cc1)C1CC1. The molecule has 6 rings (SSSR count). The van der Waals surface area contributed by atoms with Gasteiger partial charge in [-0.15, -0.1) is 0 Å². The van der Waals surface area contributed by atoms with Crippen LogP contribution in [0, 0.1) is 5.92 Å². The Morgan fingerprint density at radius 3 is 2.56 bits per heavy atom. The second-order valence-electron chi connectivity index (χ2n) is 9.69. The largest absolute Gasteiger partial charge is 0.446 e. The zero-order valence-electron chi connectivity index (χ0n) is 20.1. The van der Waals surface area contributed by atoms with Crippen LogP contribution in [0.5, 0.6) is 11.6 Å². The van der Waals surface area contributed by atoms with Crippen LogP contribution in [-0.4, -0.2) is 21.7 Å². The van der Waals surface area contributed by atoms with Gasteiger partial charge < -0.3 is 25.5 Å². The molecule has 4 aromatic rings. The molecule has 1 atom stereocenters. The maximum absolute atomic E-state index is 12.2. The molecule has 0 spiro atoms. The molecule has 8 heteroatoms. The number of carbonyl (C=O) groups is 1. The highest BCUT2D eigenvalue weighted by Crippen LogP contribution is 2.47. The average molecular weight is 484 g/mol. The minimum absolute atomic E-state index is 0.0543. The third kappa shape index (κ3) is 4.30. The number of ether oxygens (including phenoxy) is 2. The number of aromatic nitrogens is 2. The molecule has 0 unspecified atom stereocenters. The molecule has 8 nitrogen and oxygen atoms in total. The summed E-state index contributed by atoms with van der Waals surface area (Å²) in [5.41, 5.74) is 17.5. The summed E-state index contributed by atoms with van der Waals surface area (Å²) in [4.78, 5) is 16.5. The highest BCUT2D eigenvalue weighted by atomic mass is 16.6. The molecular formula is C28H29N5O3. The van der Waals surface area contributed by atoms with E-state index in [1.54, 1.807) is 18.3 Å². The molecule has 2 fully saturated rings. The van der Waals surface area contributed by atoms with Gasteiger partial charge in [0.2, 0.25) is 5.88 Å². The van der Waals surface area contributed by atoms with Crippen LogP contribution in [0.4, 0.5) is 21.9 Å². The first kappa shape index (κ1) is 22.3. The molecule has 1 amide bonds. The van der Waals surface area contributed by atoms with E-state index in [2.05, 4.69) is 14.9 Å². The van der Waals surface area contributed by atoms with Gasteiger partial charge in [0.25, 0.3) is 0 Å². The van der Waals surface area contributed by atoms with Crippen molar-refractivity contribution in [1.82, 2.24) is 9.55 Å². The van der Waals surface area contributed by atoms with Crippen LogP contribution in [0.25, 0.3) is 22.2 Å². The molecule has 0 saturated heterocycles. The summed E-state index contributed by atoms with van der Waals surface area (Å²) in [5, 5.41) is 3.80. The van der Waals surface area contributed by atoms with Gasteiger partial charge in [0.05, 0.1) is 22.6 Å². The number of nitrogens with zero attached hydrogens (tertiary/aromatic N) is 2. The van der Waals surface area contributed by atoms with Gasteiger partial charge in [-0.1, -0.05) is 12.1 Å². The summed E-state index contributed by atoms with van der Waals surface area (Å²) in [6.07, 6.45) is 5.63. The third-order valence-electron chi connectivity index (χ3n) is 6.93. The van der Waals surface area contributed by atoms with Crippen molar-refractivity contribution in [1.29, 1.82) is 0 Å². The van der Waals surface area contributed by atoms with Crippen LogP contribution >= 0.6 is 0 Å². The molecule has 184 valence electrons. The normalized spacial score (nSPS) is 16.0. The molecule has 2 aromatic carbocycles. The lowest BCUT2D eigenvalue weighted by molar-refractivity contribution is 0.108. The van der Waals surface area contributed by atoms with Gasteiger partial charge in [-0.25, -0.2) is 9.78 Å². The van der Waals surface area contributed by atoms with Crippen molar-refractivity contribution < 1.29 is 14.3 Å². The highest BCUT2D eigenvalue weighted by Gasteiger charge is 2.31. The Morgan fingerprint density at radius 1 is 1.08 bits per heavy atom. The van der Waals surface area contributed by atoms with Crippen molar-refractivity contribution in [3.05, 3.63) is 60.8 Å². The number of hydrogen-bond donors (Lipinski definition) is 3. The topological polar surface area (TPSA) is 117 Å². The van der Waals surface area contributed by atoms with E-state index in [0.29, 0.717) is 35.0 Å². The van der Waals surface area contributed by atoms with E-state index in [0.717, 1.165) is 53.5 Å². The number of rotatable bonds is 7. The van der Waals surface area contributed by atoms with Crippen molar-refractivity contribution in [3.63, 3.8) is 0 Å². The van der Waals surface area contributed by atoms with Crippen molar-refractivity contribution >= 4 is 34.1 Å². The first-order chi connectivity index (χ1) is 17.5. The van der Waals surface area contributed by atoms with Gasteiger partial charge in [-0.3, -0.25) is 5.32 Å². The Bertz CT molecular complexity index is 1440. The summed E-state index contributed by atoms with van der Waals surface area (Å²) in [7, 11) is 0. The molecule has 0 radical (unpaired) electrons. The minimum atomic E-state index is -0.421. The van der Waals surface area contributed by atoms with E-state index < -0.39 is 6.09 Å². The number of fused-ring (bicyclic) bond motifs is 1. The lowest BCUT2D eigenvalue weighted by atomic mass is 10.1. The second kappa shape index (κ2) is 8.78. The monoisotopic (exact) mass is 483 g/mol. The fraction of sp³-hybridized carbons (Fsp3) is 0.286. The summed E-state index contributed by atoms with van der Waals surface area (Å²) in [6, 6.07) is 17.5. The first-order valence-electron chi connectivity index (χ1n) is 12.4. The van der Waals surface area contributed by atoms with E-state index in [4.69, 9.17) is 20.9 Å². The van der Waals surface area contributed by atoms with Crippen LogP contribution < -0.4 is 21.5 Å². The first-order valence-corrected chi connectivity index (χ1v) is 12.4. The molecule has 5 N–H and O–H groups in total. The van der Waals surface area contributed by atoms with E-state index in [9.17, 15) is 4.79 Å². The summed E-state index contributed by atoms with van der Waals surface area (Å²) in [5.74, 6) is 1.53. The Hall–Kier alpha value is -4.20. The lowest BCUT2D eigenvalue weighted by Crippen LogP contribution is -2.21. The van der Waals surface area contributed by atoms with Crippen molar-refractivity contribution in [3.8, 4) is 22.9 Å². The van der Waals surface area contributed by atoms with Crippen LogP contribution in [-0.2, 0) is 4.74 Å². The standard InChI is InChI=1S/C28H29N5O3/c1-16(17-4-5-17)35-28(34)32-19-8-6-18(7-9-19)26-25(30)22-13-12-21(15-24(22)33(26)20-10-11-20)36-27-23(29)3-2-14-31-27/h2-3,6-9,12-17,20H,4-5,10-11,29-30H2,1H3,(H,32,34)/t16-/m1/s1. The van der Waals surface area contributed by atoms with E-state index in [-0.39, 0.29) is 6.10 Å². The number of nitrogens with one attached hydrogen (secondary N) is 1. The summed E-state index contributed by atoms with van der Waals surface area (Å²) in [6.45, 7) is 1.95. The number of anilines is 3. The van der Waals surface area contributed by atoms with Gasteiger partial charge in [0, 0.05) is 34.9 Å². The number of amides is 1. The van der Waals surface area contributed by atoms with Crippen molar-refractivity contribution in [2.24, 2.45) is 5.92 Å². The Morgan fingerprint density at radius 2 is 1.86 bits per heavy atom. The molecule has 0 bridgehead atoms. The Kier molecular flexibility index (Phi) is 5.44. The number of carbonyl (C=O) groups excluding carboxylic acids is 1. The van der Waals surface area contributed by atoms with E-state index >= 15 is 0 Å². The minimum Gasteiger partial charge on any atom is -0.446 e. The van der Waals surface area contributed by atoms with Gasteiger partial charge in [-0.2, -0.15) is 0 Å². The smallest absolute Gasteiger partial charge is 0.411 e. The maximum Gasteiger partial charge on any atom is 0.411 e. The van der Waals surface area contributed by atoms with Crippen LogP contribution in [0.1, 0.15) is 38.6 Å². The molecule has 36 heavy (non-hydrogen) atoms. The van der Waals surface area contributed by atoms with Crippen molar-refractivity contribution in [2.75, 3.05) is 16.8 Å². The molecule has 2 aliphatic carbocycles. The van der Waals surface area contributed by atoms with E-state index in [1.165, 1.54) is 0 Å². The molecule has 0 aliphatic heterocycles. The molecule has 2 aliphatic rings. The fourth-order valence-electron chi connectivity index (χ4n) is 4.68. The van der Waals surface area contributed by atoms with Gasteiger partial charge in [0.1, 0.15) is 11.9 Å². The zero-order valence-corrected chi connectivity index (χ0v) is 20.1. The number of nitrogens with two attached hydrogens (primary N) is 2. The predicted molar refractivity (Wildman–Crippen MR) is 141 cm³/mol. The van der Waals surface area contributed by atoms with Crippen LogP contribution in [0.3, 0.4) is 0 Å². The van der Waals surface area contributed by atoms with Gasteiger partial charge in [0.15, 0.2) is 0 Å². The molecule has 2 aromatic heterocycles. The van der Waals surface area contributed by atoms with Gasteiger partial charge in [-0.05, 0) is 74.9 Å². The predicted octanol–water partition coefficient (Wildman–Crippen LogP) is 6.34. The fourth-order valence-corrected chi connectivity index (χ4v) is 4.68. The maximum atomic E-state index is 12.2. The number of nitrogen functional groups attached to an aromatic ring is 2. The van der Waals surface area contributed by atoms with Crippen LogP contribution in [0.2, 0.25) is 0 Å². The number of benzene rings is 2. The number of hydrogen-bond acceptors (Lipinski definition) is 6. The zero-order chi connectivity index (χ0) is 24.8. The molecular weight excluding hydrogens is 454 g/mol. The number of pyridine rings is 1. The Balaban J connectivity index is 1.29. The van der Waals surface area contributed by atoms with Gasteiger partial charge >= 0.3 is 6.09 Å². The second-order valence-corrected chi connectivity index (χ2v) is 9.69. The van der Waals surface area contributed by atoms with E-state index in [1.807, 2.05) is 49.4 Å². The average Bonchev–Trinajstić information content (AvgIpc) is 3.79.